The minimum Gasteiger partial charge on any atom is -0.379 e. The lowest BCUT2D eigenvalue weighted by atomic mass is 10.4. The fraction of sp³-hybridized carbons (Fsp3) is 0.786. The summed E-state index contributed by atoms with van der Waals surface area (Å²) >= 11 is 0. The normalized spacial score (nSPS) is 11.1. The van der Waals surface area contributed by atoms with Crippen LogP contribution in [0.1, 0.15) is 19.8 Å². The number of nitrogens with zero attached hydrogens (tertiary/aromatic N) is 2. The van der Waals surface area contributed by atoms with E-state index in [0.717, 1.165) is 19.4 Å². The third-order valence-electron chi connectivity index (χ3n) is 2.88. The van der Waals surface area contributed by atoms with Crippen molar-refractivity contribution in [2.75, 3.05) is 39.6 Å². The fourth-order valence-corrected chi connectivity index (χ4v) is 1.63. The zero-order valence-corrected chi connectivity index (χ0v) is 12.5. The second-order valence-corrected chi connectivity index (χ2v) is 4.58. The molecule has 0 fully saturated rings. The number of hydrogen-bond donors (Lipinski definition) is 0. The first-order valence-corrected chi connectivity index (χ1v) is 7.20. The standard InChI is InChI=1S/C14H26N2O4/c1-3-4-8-18-10-12-20-13-11-19-9-7-16-6-5-15(2)14(16)17/h5-6H,3-4,7-13H2,1-2H3. The van der Waals surface area contributed by atoms with E-state index in [-0.39, 0.29) is 5.69 Å². The zero-order chi connectivity index (χ0) is 14.6. The lowest BCUT2D eigenvalue weighted by Crippen LogP contribution is -2.24. The molecule has 0 unspecified atom stereocenters. The van der Waals surface area contributed by atoms with Gasteiger partial charge in [0.15, 0.2) is 0 Å². The van der Waals surface area contributed by atoms with Gasteiger partial charge in [0, 0.05) is 26.0 Å². The van der Waals surface area contributed by atoms with Gasteiger partial charge in [-0.25, -0.2) is 4.79 Å². The van der Waals surface area contributed by atoms with Crippen molar-refractivity contribution in [1.29, 1.82) is 0 Å². The molecule has 20 heavy (non-hydrogen) atoms. The minimum atomic E-state index is -0.0194. The third-order valence-corrected chi connectivity index (χ3v) is 2.88. The van der Waals surface area contributed by atoms with Crippen molar-refractivity contribution in [2.24, 2.45) is 7.05 Å². The highest BCUT2D eigenvalue weighted by Crippen LogP contribution is 1.88. The Kier molecular flexibility index (Phi) is 9.02. The molecule has 0 spiro atoms. The first-order chi connectivity index (χ1) is 9.75. The number of rotatable bonds is 12. The van der Waals surface area contributed by atoms with Crippen LogP contribution >= 0.6 is 0 Å². The predicted octanol–water partition coefficient (Wildman–Crippen LogP) is 1.04. The van der Waals surface area contributed by atoms with Crippen molar-refractivity contribution in [2.45, 2.75) is 26.3 Å². The number of unbranched alkanes of at least 4 members (excludes halogenated alkanes) is 1. The van der Waals surface area contributed by atoms with Crippen LogP contribution in [-0.4, -0.2) is 48.8 Å². The molecule has 1 heterocycles. The summed E-state index contributed by atoms with van der Waals surface area (Å²) in [5.41, 5.74) is -0.0194. The summed E-state index contributed by atoms with van der Waals surface area (Å²) in [6.45, 7) is 6.37. The van der Waals surface area contributed by atoms with Gasteiger partial charge in [0.2, 0.25) is 0 Å². The lowest BCUT2D eigenvalue weighted by molar-refractivity contribution is 0.0126. The van der Waals surface area contributed by atoms with Crippen molar-refractivity contribution < 1.29 is 14.2 Å². The summed E-state index contributed by atoms with van der Waals surface area (Å²) in [6, 6.07) is 0. The highest BCUT2D eigenvalue weighted by atomic mass is 16.5. The van der Waals surface area contributed by atoms with Crippen molar-refractivity contribution in [3.05, 3.63) is 22.9 Å². The molecule has 0 saturated carbocycles. The Bertz CT molecular complexity index is 400. The Balaban J connectivity index is 1.88. The van der Waals surface area contributed by atoms with Crippen LogP contribution in [-0.2, 0) is 27.8 Å². The largest absolute Gasteiger partial charge is 0.379 e. The third kappa shape index (κ3) is 6.88. The molecule has 0 amide bonds. The molecule has 0 atom stereocenters. The Hall–Kier alpha value is -1.11. The van der Waals surface area contributed by atoms with Crippen molar-refractivity contribution in [3.8, 4) is 0 Å². The molecule has 1 aromatic rings. The van der Waals surface area contributed by atoms with Crippen LogP contribution in [0.2, 0.25) is 0 Å². The van der Waals surface area contributed by atoms with Crippen LogP contribution in [0, 0.1) is 0 Å². The summed E-state index contributed by atoms with van der Waals surface area (Å²) in [5.74, 6) is 0. The molecule has 0 aliphatic heterocycles. The van der Waals surface area contributed by atoms with Crippen LogP contribution in [0.25, 0.3) is 0 Å². The molecule has 0 aliphatic carbocycles. The highest BCUT2D eigenvalue weighted by molar-refractivity contribution is 4.79. The lowest BCUT2D eigenvalue weighted by Gasteiger charge is -2.06. The fourth-order valence-electron chi connectivity index (χ4n) is 1.63. The van der Waals surface area contributed by atoms with Gasteiger partial charge in [-0.1, -0.05) is 13.3 Å². The van der Waals surface area contributed by atoms with Gasteiger partial charge >= 0.3 is 5.69 Å². The number of aryl methyl sites for hydroxylation is 1. The van der Waals surface area contributed by atoms with Crippen molar-refractivity contribution in [1.82, 2.24) is 9.13 Å². The van der Waals surface area contributed by atoms with E-state index in [2.05, 4.69) is 6.92 Å². The minimum absolute atomic E-state index is 0.0194. The number of imidazole rings is 1. The van der Waals surface area contributed by atoms with Crippen LogP contribution in [0.15, 0.2) is 17.2 Å². The van der Waals surface area contributed by atoms with Gasteiger partial charge in [0.1, 0.15) is 0 Å². The van der Waals surface area contributed by atoms with Crippen molar-refractivity contribution in [3.63, 3.8) is 0 Å². The van der Waals surface area contributed by atoms with Crippen molar-refractivity contribution >= 4 is 0 Å². The summed E-state index contributed by atoms with van der Waals surface area (Å²) < 4.78 is 19.3. The molecular formula is C14H26N2O4. The number of hydrogen-bond acceptors (Lipinski definition) is 4. The Labute approximate surface area is 120 Å². The molecule has 0 bridgehead atoms. The molecule has 116 valence electrons. The van der Waals surface area contributed by atoms with E-state index >= 15 is 0 Å². The van der Waals surface area contributed by atoms with E-state index < -0.39 is 0 Å². The first kappa shape index (κ1) is 16.9. The predicted molar refractivity (Wildman–Crippen MR) is 77.0 cm³/mol. The van der Waals surface area contributed by atoms with Gasteiger partial charge < -0.3 is 18.8 Å². The first-order valence-electron chi connectivity index (χ1n) is 7.20. The van der Waals surface area contributed by atoms with Gasteiger partial charge in [0.25, 0.3) is 0 Å². The second kappa shape index (κ2) is 10.7. The molecule has 1 aromatic heterocycles. The maximum Gasteiger partial charge on any atom is 0.327 e. The second-order valence-electron chi connectivity index (χ2n) is 4.58. The number of aromatic nitrogens is 2. The molecule has 1 rings (SSSR count). The Morgan fingerprint density at radius 1 is 0.950 bits per heavy atom. The monoisotopic (exact) mass is 286 g/mol. The topological polar surface area (TPSA) is 54.6 Å². The summed E-state index contributed by atoms with van der Waals surface area (Å²) in [7, 11) is 1.73. The maximum atomic E-state index is 11.5. The number of ether oxygens (including phenoxy) is 3. The molecule has 0 radical (unpaired) electrons. The summed E-state index contributed by atoms with van der Waals surface area (Å²) in [4.78, 5) is 11.5. The SMILES string of the molecule is CCCCOCCOCCOCCn1ccn(C)c1=O. The van der Waals surface area contributed by atoms with Gasteiger partial charge in [-0.3, -0.25) is 4.57 Å². The Morgan fingerprint density at radius 3 is 2.10 bits per heavy atom. The van der Waals surface area contributed by atoms with Gasteiger partial charge in [-0.05, 0) is 6.42 Å². The van der Waals surface area contributed by atoms with E-state index in [9.17, 15) is 4.79 Å². The summed E-state index contributed by atoms with van der Waals surface area (Å²) in [5, 5.41) is 0. The van der Waals surface area contributed by atoms with E-state index in [1.54, 1.807) is 28.6 Å². The molecule has 6 heteroatoms. The quantitative estimate of drug-likeness (QED) is 0.539. The van der Waals surface area contributed by atoms with Crippen LogP contribution in [0.4, 0.5) is 0 Å². The molecule has 6 nitrogen and oxygen atoms in total. The van der Waals surface area contributed by atoms with E-state index in [1.165, 1.54) is 0 Å². The smallest absolute Gasteiger partial charge is 0.327 e. The molecular weight excluding hydrogens is 260 g/mol. The van der Waals surface area contributed by atoms with Gasteiger partial charge in [0.05, 0.1) is 39.6 Å². The van der Waals surface area contributed by atoms with E-state index in [1.807, 2.05) is 0 Å². The van der Waals surface area contributed by atoms with Gasteiger partial charge in [-0.15, -0.1) is 0 Å². The molecule has 0 aromatic carbocycles. The average Bonchev–Trinajstić information content (AvgIpc) is 2.76. The molecule has 0 N–H and O–H groups in total. The van der Waals surface area contributed by atoms with E-state index in [4.69, 9.17) is 14.2 Å². The molecule has 0 aliphatic rings. The summed E-state index contributed by atoms with van der Waals surface area (Å²) in [6.07, 6.45) is 5.75. The van der Waals surface area contributed by atoms with Crippen LogP contribution in [0.3, 0.4) is 0 Å². The highest BCUT2D eigenvalue weighted by Gasteiger charge is 1.98. The van der Waals surface area contributed by atoms with Crippen LogP contribution < -0.4 is 5.69 Å². The van der Waals surface area contributed by atoms with Gasteiger partial charge in [-0.2, -0.15) is 0 Å². The maximum absolute atomic E-state index is 11.5. The van der Waals surface area contributed by atoms with E-state index in [0.29, 0.717) is 39.6 Å². The van der Waals surface area contributed by atoms with Crippen LogP contribution in [0.5, 0.6) is 0 Å². The Morgan fingerprint density at radius 2 is 1.55 bits per heavy atom. The zero-order valence-electron chi connectivity index (χ0n) is 12.5. The molecule has 0 saturated heterocycles. The average molecular weight is 286 g/mol.